The summed E-state index contributed by atoms with van der Waals surface area (Å²) < 4.78 is 0. The minimum absolute atomic E-state index is 0.241. The maximum absolute atomic E-state index is 8.66. The Morgan fingerprint density at radius 1 is 1.36 bits per heavy atom. The molecule has 11 heavy (non-hydrogen) atoms. The van der Waals surface area contributed by atoms with Crippen molar-refractivity contribution >= 4 is 0 Å². The third-order valence-electron chi connectivity index (χ3n) is 1.05. The van der Waals surface area contributed by atoms with E-state index >= 15 is 0 Å². The highest BCUT2D eigenvalue weighted by molar-refractivity contribution is 5.24. The number of hydrogen-bond donors (Lipinski definition) is 3. The maximum atomic E-state index is 8.66. The van der Waals surface area contributed by atoms with Gasteiger partial charge in [-0.15, -0.1) is 0 Å². The molecule has 0 aliphatic rings. The first-order valence-corrected chi connectivity index (χ1v) is 3.22. The highest BCUT2D eigenvalue weighted by atomic mass is 16.5. The molecule has 0 aromatic heterocycles. The molecule has 0 bridgehead atoms. The lowest BCUT2D eigenvalue weighted by Gasteiger charge is -2.01. The monoisotopic (exact) mass is 156 g/mol. The zero-order valence-corrected chi connectivity index (χ0v) is 6.31. The zero-order chi connectivity index (χ0) is 8.69. The Bertz CT molecular complexity index is 178. The Balaban J connectivity index is 4.32. The van der Waals surface area contributed by atoms with Crippen molar-refractivity contribution in [3.05, 3.63) is 36.1 Å². The normalized spacial score (nSPS) is 14.0. The number of allylic oxidation sites excluding steroid dienone is 3. The van der Waals surface area contributed by atoms with E-state index in [0.717, 1.165) is 6.26 Å². The van der Waals surface area contributed by atoms with Crippen LogP contribution in [-0.2, 0) is 0 Å². The largest absolute Gasteiger partial charge is 0.516 e. The van der Waals surface area contributed by atoms with Gasteiger partial charge in [-0.1, -0.05) is 18.2 Å². The van der Waals surface area contributed by atoms with Crippen molar-refractivity contribution in [3.8, 4) is 0 Å². The third-order valence-corrected chi connectivity index (χ3v) is 1.05. The Labute approximate surface area is 65.6 Å². The van der Waals surface area contributed by atoms with Crippen LogP contribution in [0.4, 0.5) is 0 Å². The minimum Gasteiger partial charge on any atom is -0.516 e. The van der Waals surface area contributed by atoms with E-state index in [0.29, 0.717) is 0 Å². The fourth-order valence-electron chi connectivity index (χ4n) is 0.521. The molecule has 3 N–H and O–H groups in total. The van der Waals surface area contributed by atoms with Crippen molar-refractivity contribution in [2.75, 3.05) is 0 Å². The molecular weight excluding hydrogens is 144 g/mol. The molecule has 0 amide bonds. The molecule has 0 aliphatic carbocycles. The van der Waals surface area contributed by atoms with Crippen LogP contribution in [0.1, 0.15) is 6.92 Å². The lowest BCUT2D eigenvalue weighted by atomic mass is 10.2. The van der Waals surface area contributed by atoms with E-state index in [9.17, 15) is 0 Å². The molecule has 3 nitrogen and oxygen atoms in total. The quantitative estimate of drug-likeness (QED) is 0.323. The van der Waals surface area contributed by atoms with Crippen LogP contribution < -0.4 is 0 Å². The van der Waals surface area contributed by atoms with Gasteiger partial charge < -0.3 is 15.3 Å². The van der Waals surface area contributed by atoms with E-state index < -0.39 is 6.29 Å². The van der Waals surface area contributed by atoms with Crippen LogP contribution >= 0.6 is 0 Å². The van der Waals surface area contributed by atoms with E-state index in [1.165, 1.54) is 12.2 Å². The van der Waals surface area contributed by atoms with Crippen molar-refractivity contribution in [2.45, 2.75) is 13.2 Å². The molecule has 0 aromatic rings. The predicted molar refractivity (Wildman–Crippen MR) is 42.9 cm³/mol. The molecule has 0 spiro atoms. The smallest absolute Gasteiger partial charge is 0.178 e. The highest BCUT2D eigenvalue weighted by Gasteiger charge is 1.99. The van der Waals surface area contributed by atoms with Crippen molar-refractivity contribution in [3.63, 3.8) is 0 Å². The van der Waals surface area contributed by atoms with Crippen LogP contribution in [0, 0.1) is 0 Å². The Hall–Kier alpha value is -1.06. The van der Waals surface area contributed by atoms with Crippen LogP contribution in [0.3, 0.4) is 0 Å². The van der Waals surface area contributed by atoms with Gasteiger partial charge in [-0.2, -0.15) is 0 Å². The van der Waals surface area contributed by atoms with Gasteiger partial charge in [0, 0.05) is 5.57 Å². The van der Waals surface area contributed by atoms with Crippen molar-refractivity contribution < 1.29 is 15.3 Å². The highest BCUT2D eigenvalue weighted by Crippen LogP contribution is 2.01. The summed E-state index contributed by atoms with van der Waals surface area (Å²) in [5, 5.41) is 25.6. The number of aliphatic hydroxyl groups excluding tert-OH is 2. The average Bonchev–Trinajstić information content (AvgIpc) is 1.97. The standard InChI is InChI=1S/C8H12O3/c1-2-3-4-7(5-6-9)8(10)11/h2-6,8-11H,1H3. The molecule has 0 aromatic carbocycles. The van der Waals surface area contributed by atoms with Gasteiger partial charge in [0.05, 0.1) is 6.26 Å². The molecule has 0 heterocycles. The third kappa shape index (κ3) is 4.36. The molecule has 0 atom stereocenters. The van der Waals surface area contributed by atoms with E-state index in [1.807, 2.05) is 0 Å². The summed E-state index contributed by atoms with van der Waals surface area (Å²) in [6, 6.07) is 0. The Kier molecular flexibility index (Phi) is 5.15. The van der Waals surface area contributed by atoms with Crippen LogP contribution in [0.2, 0.25) is 0 Å². The minimum atomic E-state index is -1.55. The first kappa shape index (κ1) is 9.94. The fourth-order valence-corrected chi connectivity index (χ4v) is 0.521. The van der Waals surface area contributed by atoms with E-state index in [4.69, 9.17) is 15.3 Å². The molecule has 62 valence electrons. The van der Waals surface area contributed by atoms with Crippen LogP contribution in [0.15, 0.2) is 36.1 Å². The topological polar surface area (TPSA) is 60.7 Å². The number of hydrogen-bond acceptors (Lipinski definition) is 3. The maximum Gasteiger partial charge on any atom is 0.178 e. The van der Waals surface area contributed by atoms with E-state index in [1.54, 1.807) is 19.1 Å². The first-order valence-electron chi connectivity index (χ1n) is 3.22. The predicted octanol–water partition coefficient (Wildman–Crippen LogP) is 0.871. The van der Waals surface area contributed by atoms with Gasteiger partial charge in [-0.05, 0) is 13.0 Å². The van der Waals surface area contributed by atoms with E-state index in [-0.39, 0.29) is 5.57 Å². The van der Waals surface area contributed by atoms with Gasteiger partial charge in [0.15, 0.2) is 6.29 Å². The molecule has 0 fully saturated rings. The molecule has 0 radical (unpaired) electrons. The fraction of sp³-hybridized carbons (Fsp3) is 0.250. The summed E-state index contributed by atoms with van der Waals surface area (Å²) >= 11 is 0. The van der Waals surface area contributed by atoms with Gasteiger partial charge in [0.2, 0.25) is 0 Å². The van der Waals surface area contributed by atoms with Gasteiger partial charge in [-0.25, -0.2) is 0 Å². The van der Waals surface area contributed by atoms with Crippen LogP contribution in [0.5, 0.6) is 0 Å². The number of aliphatic hydroxyl groups is 3. The van der Waals surface area contributed by atoms with Crippen molar-refractivity contribution in [1.82, 2.24) is 0 Å². The van der Waals surface area contributed by atoms with Gasteiger partial charge in [0.25, 0.3) is 0 Å². The second kappa shape index (κ2) is 5.70. The summed E-state index contributed by atoms with van der Waals surface area (Å²) in [5.74, 6) is 0. The molecule has 3 heteroatoms. The summed E-state index contributed by atoms with van der Waals surface area (Å²) in [6.45, 7) is 1.81. The second-order valence-corrected chi connectivity index (χ2v) is 1.88. The van der Waals surface area contributed by atoms with Crippen molar-refractivity contribution in [1.29, 1.82) is 0 Å². The van der Waals surface area contributed by atoms with Gasteiger partial charge in [-0.3, -0.25) is 0 Å². The van der Waals surface area contributed by atoms with Crippen molar-refractivity contribution in [2.24, 2.45) is 0 Å². The van der Waals surface area contributed by atoms with E-state index in [2.05, 4.69) is 0 Å². The average molecular weight is 156 g/mol. The lowest BCUT2D eigenvalue weighted by Crippen LogP contribution is -2.05. The Morgan fingerprint density at radius 2 is 2.00 bits per heavy atom. The SMILES string of the molecule is CC=CC=C(C=CO)C(O)O. The molecule has 0 saturated heterocycles. The second-order valence-electron chi connectivity index (χ2n) is 1.88. The van der Waals surface area contributed by atoms with Gasteiger partial charge >= 0.3 is 0 Å². The lowest BCUT2D eigenvalue weighted by molar-refractivity contribution is -0.00497. The summed E-state index contributed by atoms with van der Waals surface area (Å²) in [6.07, 6.45) is 5.31. The molecule has 0 aliphatic heterocycles. The summed E-state index contributed by atoms with van der Waals surface area (Å²) in [5.41, 5.74) is 0.241. The van der Waals surface area contributed by atoms with Gasteiger partial charge in [0.1, 0.15) is 0 Å². The number of rotatable bonds is 3. The molecule has 0 unspecified atom stereocenters. The molecule has 0 rings (SSSR count). The molecule has 0 saturated carbocycles. The summed E-state index contributed by atoms with van der Waals surface area (Å²) in [4.78, 5) is 0. The van der Waals surface area contributed by atoms with Crippen LogP contribution in [0.25, 0.3) is 0 Å². The van der Waals surface area contributed by atoms with Crippen LogP contribution in [-0.4, -0.2) is 21.6 Å². The molecular formula is C8H12O3. The summed E-state index contributed by atoms with van der Waals surface area (Å²) in [7, 11) is 0. The zero-order valence-electron chi connectivity index (χ0n) is 6.31. The first-order chi connectivity index (χ1) is 5.22. The Morgan fingerprint density at radius 3 is 2.36 bits per heavy atom.